The molecular formula is C15H26N2O3. The third-order valence-electron chi connectivity index (χ3n) is 3.79. The van der Waals surface area contributed by atoms with E-state index in [9.17, 15) is 14.7 Å². The van der Waals surface area contributed by atoms with Crippen molar-refractivity contribution in [2.45, 2.75) is 58.2 Å². The molecule has 1 aliphatic heterocycles. The Bertz CT molecular complexity index is 391. The van der Waals surface area contributed by atoms with Crippen LogP contribution in [0.1, 0.15) is 40.5 Å². The maximum absolute atomic E-state index is 12.7. The molecule has 1 saturated heterocycles. The Balaban J connectivity index is 2.89. The first-order valence-corrected chi connectivity index (χ1v) is 7.14. The molecule has 0 aromatic heterocycles. The van der Waals surface area contributed by atoms with Crippen LogP contribution < -0.4 is 5.32 Å². The first-order chi connectivity index (χ1) is 9.19. The van der Waals surface area contributed by atoms with Gasteiger partial charge in [0.15, 0.2) is 0 Å². The normalized spacial score (nSPS) is 21.1. The smallest absolute Gasteiger partial charge is 0.326 e. The van der Waals surface area contributed by atoms with Gasteiger partial charge in [-0.2, -0.15) is 0 Å². The zero-order chi connectivity index (χ0) is 15.5. The molecule has 0 radical (unpaired) electrons. The van der Waals surface area contributed by atoms with Crippen LogP contribution in [0.3, 0.4) is 0 Å². The third-order valence-corrected chi connectivity index (χ3v) is 3.79. The molecule has 1 aliphatic rings. The number of amides is 1. The molecular weight excluding hydrogens is 256 g/mol. The van der Waals surface area contributed by atoms with E-state index in [0.717, 1.165) is 6.42 Å². The second-order valence-corrected chi connectivity index (χ2v) is 6.32. The molecule has 1 heterocycles. The van der Waals surface area contributed by atoms with Crippen molar-refractivity contribution in [1.82, 2.24) is 10.2 Å². The largest absolute Gasteiger partial charge is 0.480 e. The van der Waals surface area contributed by atoms with Crippen LogP contribution in [0.2, 0.25) is 0 Å². The maximum Gasteiger partial charge on any atom is 0.326 e. The molecule has 5 heteroatoms. The van der Waals surface area contributed by atoms with E-state index in [2.05, 4.69) is 11.9 Å². The van der Waals surface area contributed by atoms with Crippen molar-refractivity contribution in [1.29, 1.82) is 0 Å². The lowest BCUT2D eigenvalue weighted by Gasteiger charge is -2.34. The van der Waals surface area contributed by atoms with Crippen molar-refractivity contribution in [3.63, 3.8) is 0 Å². The van der Waals surface area contributed by atoms with Gasteiger partial charge in [0.1, 0.15) is 6.04 Å². The number of likely N-dealkylation sites (tertiary alicyclic amines) is 1. The lowest BCUT2D eigenvalue weighted by atomic mass is 9.97. The fraction of sp³-hybridized carbons (Fsp3) is 0.733. The average molecular weight is 282 g/mol. The Morgan fingerprint density at radius 3 is 2.50 bits per heavy atom. The van der Waals surface area contributed by atoms with Crippen LogP contribution in [-0.2, 0) is 9.59 Å². The topological polar surface area (TPSA) is 69.6 Å². The summed E-state index contributed by atoms with van der Waals surface area (Å²) in [6.07, 6.45) is 3.05. The van der Waals surface area contributed by atoms with Crippen LogP contribution in [0.5, 0.6) is 0 Å². The number of rotatable bonds is 6. The summed E-state index contributed by atoms with van der Waals surface area (Å²) in [5, 5.41) is 12.5. The third kappa shape index (κ3) is 3.82. The standard InChI is InChI=1S/C15H26N2O3/c1-6-15(4,5)16-12(10(2)3)13(18)17-9-7-8-11(17)14(19)20/h6,10-12,16H,1,7-9H2,2-5H3,(H,19,20)/t11-,12?/m0/s1. The molecule has 1 fully saturated rings. The van der Waals surface area contributed by atoms with Gasteiger partial charge in [0.05, 0.1) is 6.04 Å². The summed E-state index contributed by atoms with van der Waals surface area (Å²) in [6.45, 7) is 12.1. The Hall–Kier alpha value is -1.36. The lowest BCUT2D eigenvalue weighted by molar-refractivity contribution is -0.149. The van der Waals surface area contributed by atoms with Crippen LogP contribution in [-0.4, -0.2) is 46.1 Å². The summed E-state index contributed by atoms with van der Waals surface area (Å²) in [7, 11) is 0. The summed E-state index contributed by atoms with van der Waals surface area (Å²) >= 11 is 0. The SMILES string of the molecule is C=CC(C)(C)NC(C(=O)N1CCC[C@H]1C(=O)O)C(C)C. The van der Waals surface area contributed by atoms with Gasteiger partial charge in [-0.1, -0.05) is 19.9 Å². The van der Waals surface area contributed by atoms with Gasteiger partial charge in [-0.3, -0.25) is 10.1 Å². The number of nitrogens with zero attached hydrogens (tertiary/aromatic N) is 1. The van der Waals surface area contributed by atoms with Gasteiger partial charge in [0, 0.05) is 12.1 Å². The van der Waals surface area contributed by atoms with Gasteiger partial charge in [-0.05, 0) is 32.6 Å². The van der Waals surface area contributed by atoms with Gasteiger partial charge in [-0.15, -0.1) is 6.58 Å². The summed E-state index contributed by atoms with van der Waals surface area (Å²) in [5.74, 6) is -0.960. The number of carbonyl (C=O) groups is 2. The highest BCUT2D eigenvalue weighted by molar-refractivity contribution is 5.87. The molecule has 2 atom stereocenters. The molecule has 1 rings (SSSR count). The fourth-order valence-corrected chi connectivity index (χ4v) is 2.44. The van der Waals surface area contributed by atoms with Crippen molar-refractivity contribution >= 4 is 11.9 Å². The molecule has 114 valence electrons. The van der Waals surface area contributed by atoms with E-state index in [0.29, 0.717) is 13.0 Å². The molecule has 0 aliphatic carbocycles. The van der Waals surface area contributed by atoms with Gasteiger partial charge in [-0.25, -0.2) is 4.79 Å². The maximum atomic E-state index is 12.7. The number of carboxylic acid groups (broad SMARTS) is 1. The van der Waals surface area contributed by atoms with Gasteiger partial charge in [0.25, 0.3) is 0 Å². The van der Waals surface area contributed by atoms with Crippen LogP contribution in [0, 0.1) is 5.92 Å². The van der Waals surface area contributed by atoms with Crippen molar-refractivity contribution in [2.24, 2.45) is 5.92 Å². The van der Waals surface area contributed by atoms with E-state index in [1.807, 2.05) is 27.7 Å². The van der Waals surface area contributed by atoms with Crippen molar-refractivity contribution in [3.05, 3.63) is 12.7 Å². The van der Waals surface area contributed by atoms with E-state index in [4.69, 9.17) is 0 Å². The quantitative estimate of drug-likeness (QED) is 0.727. The Morgan fingerprint density at radius 1 is 1.45 bits per heavy atom. The number of aliphatic carboxylic acids is 1. The predicted octanol–water partition coefficient (Wildman–Crippen LogP) is 1.64. The minimum Gasteiger partial charge on any atom is -0.480 e. The highest BCUT2D eigenvalue weighted by Gasteiger charge is 2.39. The zero-order valence-corrected chi connectivity index (χ0v) is 12.8. The number of hydrogen-bond donors (Lipinski definition) is 2. The number of hydrogen-bond acceptors (Lipinski definition) is 3. The molecule has 1 unspecified atom stereocenters. The minimum absolute atomic E-state index is 0.0803. The monoisotopic (exact) mass is 282 g/mol. The zero-order valence-electron chi connectivity index (χ0n) is 12.8. The molecule has 0 spiro atoms. The van der Waals surface area contributed by atoms with Crippen LogP contribution in [0.15, 0.2) is 12.7 Å². The number of carboxylic acids is 1. The Morgan fingerprint density at radius 2 is 2.05 bits per heavy atom. The van der Waals surface area contributed by atoms with Crippen molar-refractivity contribution in [3.8, 4) is 0 Å². The highest BCUT2D eigenvalue weighted by Crippen LogP contribution is 2.21. The molecule has 20 heavy (non-hydrogen) atoms. The summed E-state index contributed by atoms with van der Waals surface area (Å²) < 4.78 is 0. The Labute approximate surface area is 121 Å². The average Bonchev–Trinajstić information content (AvgIpc) is 2.84. The van der Waals surface area contributed by atoms with E-state index in [-0.39, 0.29) is 17.4 Å². The fourth-order valence-electron chi connectivity index (χ4n) is 2.44. The summed E-state index contributed by atoms with van der Waals surface area (Å²) in [6, 6.07) is -1.08. The van der Waals surface area contributed by atoms with Gasteiger partial charge < -0.3 is 10.0 Å². The van der Waals surface area contributed by atoms with Gasteiger partial charge in [0.2, 0.25) is 5.91 Å². The highest BCUT2D eigenvalue weighted by atomic mass is 16.4. The molecule has 2 N–H and O–H groups in total. The van der Waals surface area contributed by atoms with E-state index in [1.54, 1.807) is 6.08 Å². The van der Waals surface area contributed by atoms with Crippen molar-refractivity contribution in [2.75, 3.05) is 6.54 Å². The Kier molecular flexibility index (Phi) is 5.34. The lowest BCUT2D eigenvalue weighted by Crippen LogP contribution is -2.57. The molecule has 0 aromatic carbocycles. The van der Waals surface area contributed by atoms with Crippen LogP contribution in [0.4, 0.5) is 0 Å². The molecule has 5 nitrogen and oxygen atoms in total. The molecule has 0 saturated carbocycles. The molecule has 1 amide bonds. The minimum atomic E-state index is -0.915. The second-order valence-electron chi connectivity index (χ2n) is 6.32. The van der Waals surface area contributed by atoms with Crippen LogP contribution >= 0.6 is 0 Å². The predicted molar refractivity (Wildman–Crippen MR) is 78.4 cm³/mol. The molecule has 0 bridgehead atoms. The first kappa shape index (κ1) is 16.7. The second kappa shape index (κ2) is 6.39. The molecule has 0 aromatic rings. The van der Waals surface area contributed by atoms with Crippen LogP contribution in [0.25, 0.3) is 0 Å². The van der Waals surface area contributed by atoms with E-state index >= 15 is 0 Å². The summed E-state index contributed by atoms with van der Waals surface area (Å²) in [5.41, 5.74) is -0.372. The van der Waals surface area contributed by atoms with Gasteiger partial charge >= 0.3 is 5.97 Å². The number of nitrogens with one attached hydrogen (secondary N) is 1. The van der Waals surface area contributed by atoms with E-state index in [1.165, 1.54) is 4.90 Å². The number of carbonyl (C=O) groups excluding carboxylic acids is 1. The first-order valence-electron chi connectivity index (χ1n) is 7.14. The van der Waals surface area contributed by atoms with Crippen molar-refractivity contribution < 1.29 is 14.7 Å². The summed E-state index contributed by atoms with van der Waals surface area (Å²) in [4.78, 5) is 25.4. The van der Waals surface area contributed by atoms with E-state index < -0.39 is 18.1 Å².